The molecule has 0 saturated heterocycles. The van der Waals surface area contributed by atoms with Crippen LogP contribution in [-0.4, -0.2) is 24.9 Å². The van der Waals surface area contributed by atoms with Crippen molar-refractivity contribution in [2.75, 3.05) is 19.5 Å². The number of aliphatic hydroxyl groups is 1. The van der Waals surface area contributed by atoms with E-state index < -0.39 is 6.10 Å². The lowest BCUT2D eigenvalue weighted by atomic mass is 10.3. The van der Waals surface area contributed by atoms with E-state index in [2.05, 4.69) is 0 Å². The van der Waals surface area contributed by atoms with E-state index in [4.69, 9.17) is 20.3 Å². The average molecular weight is 197 g/mol. The average Bonchev–Trinajstić information content (AvgIpc) is 2.16. The molecule has 0 saturated carbocycles. The highest BCUT2D eigenvalue weighted by atomic mass is 16.5. The summed E-state index contributed by atoms with van der Waals surface area (Å²) in [5, 5.41) is 9.03. The maximum Gasteiger partial charge on any atom is 0.146 e. The largest absolute Gasteiger partial charge is 0.497 e. The van der Waals surface area contributed by atoms with Gasteiger partial charge in [-0.2, -0.15) is 0 Å². The summed E-state index contributed by atoms with van der Waals surface area (Å²) in [6, 6.07) is 5.15. The molecule has 0 aliphatic rings. The van der Waals surface area contributed by atoms with Gasteiger partial charge in [-0.25, -0.2) is 0 Å². The highest BCUT2D eigenvalue weighted by molar-refractivity contribution is 5.55. The van der Waals surface area contributed by atoms with Gasteiger partial charge >= 0.3 is 0 Å². The van der Waals surface area contributed by atoms with Crippen molar-refractivity contribution in [1.82, 2.24) is 0 Å². The van der Waals surface area contributed by atoms with Crippen LogP contribution in [0.4, 0.5) is 5.69 Å². The molecule has 0 spiro atoms. The quantitative estimate of drug-likeness (QED) is 0.708. The third kappa shape index (κ3) is 2.81. The molecule has 3 N–H and O–H groups in total. The van der Waals surface area contributed by atoms with Crippen molar-refractivity contribution in [1.29, 1.82) is 0 Å². The summed E-state index contributed by atoms with van der Waals surface area (Å²) in [7, 11) is 1.57. The summed E-state index contributed by atoms with van der Waals surface area (Å²) in [5.41, 5.74) is 6.20. The van der Waals surface area contributed by atoms with Gasteiger partial charge in [0.05, 0.1) is 18.9 Å². The van der Waals surface area contributed by atoms with Crippen LogP contribution < -0.4 is 15.2 Å². The molecule has 0 amide bonds. The van der Waals surface area contributed by atoms with Crippen LogP contribution in [0.15, 0.2) is 18.2 Å². The lowest BCUT2D eigenvalue weighted by Crippen LogP contribution is -2.13. The first-order valence-corrected chi connectivity index (χ1v) is 4.38. The normalized spacial score (nSPS) is 12.2. The zero-order chi connectivity index (χ0) is 10.6. The monoisotopic (exact) mass is 197 g/mol. The van der Waals surface area contributed by atoms with Gasteiger partial charge in [-0.1, -0.05) is 0 Å². The molecule has 0 fully saturated rings. The summed E-state index contributed by atoms with van der Waals surface area (Å²) in [6.45, 7) is 1.87. The Morgan fingerprint density at radius 3 is 2.79 bits per heavy atom. The van der Waals surface area contributed by atoms with Gasteiger partial charge in [0.2, 0.25) is 0 Å². The Morgan fingerprint density at radius 1 is 1.50 bits per heavy atom. The van der Waals surface area contributed by atoms with Crippen LogP contribution in [0.2, 0.25) is 0 Å². The summed E-state index contributed by atoms with van der Waals surface area (Å²) in [4.78, 5) is 0. The number of nitrogen functional groups attached to an aromatic ring is 1. The third-order valence-electron chi connectivity index (χ3n) is 1.70. The Morgan fingerprint density at radius 2 is 2.21 bits per heavy atom. The van der Waals surface area contributed by atoms with Gasteiger partial charge in [-0.15, -0.1) is 0 Å². The second kappa shape index (κ2) is 4.72. The molecule has 4 heteroatoms. The highest BCUT2D eigenvalue weighted by Crippen LogP contribution is 2.26. The minimum absolute atomic E-state index is 0.220. The number of hydrogen-bond donors (Lipinski definition) is 2. The number of anilines is 1. The van der Waals surface area contributed by atoms with Gasteiger partial charge in [0.15, 0.2) is 0 Å². The smallest absolute Gasteiger partial charge is 0.146 e. The van der Waals surface area contributed by atoms with Crippen LogP contribution >= 0.6 is 0 Å². The molecule has 0 heterocycles. The van der Waals surface area contributed by atoms with Crippen molar-refractivity contribution >= 4 is 5.69 Å². The fraction of sp³-hybridized carbons (Fsp3) is 0.400. The zero-order valence-electron chi connectivity index (χ0n) is 8.36. The molecule has 0 aromatic heterocycles. The number of methoxy groups -OCH3 is 1. The van der Waals surface area contributed by atoms with E-state index in [9.17, 15) is 0 Å². The predicted molar refractivity (Wildman–Crippen MR) is 54.6 cm³/mol. The lowest BCUT2D eigenvalue weighted by Gasteiger charge is -2.11. The molecular formula is C10H15NO3. The molecule has 0 radical (unpaired) electrons. The van der Waals surface area contributed by atoms with Gasteiger partial charge < -0.3 is 20.3 Å². The van der Waals surface area contributed by atoms with Gasteiger partial charge in [-0.3, -0.25) is 0 Å². The maximum absolute atomic E-state index is 9.03. The fourth-order valence-electron chi connectivity index (χ4n) is 0.977. The van der Waals surface area contributed by atoms with Gasteiger partial charge in [0.25, 0.3) is 0 Å². The third-order valence-corrected chi connectivity index (χ3v) is 1.70. The Hall–Kier alpha value is -1.42. The number of rotatable bonds is 4. The van der Waals surface area contributed by atoms with Crippen LogP contribution in [0.5, 0.6) is 11.5 Å². The molecule has 14 heavy (non-hydrogen) atoms. The van der Waals surface area contributed by atoms with Gasteiger partial charge in [0, 0.05) is 6.07 Å². The van der Waals surface area contributed by atoms with Crippen molar-refractivity contribution < 1.29 is 14.6 Å². The van der Waals surface area contributed by atoms with E-state index in [0.29, 0.717) is 17.2 Å². The van der Waals surface area contributed by atoms with Crippen LogP contribution in [-0.2, 0) is 0 Å². The first kappa shape index (κ1) is 10.7. The topological polar surface area (TPSA) is 64.7 Å². The molecule has 1 aromatic carbocycles. The Labute approximate surface area is 83.3 Å². The Kier molecular flexibility index (Phi) is 3.59. The van der Waals surface area contributed by atoms with Crippen molar-refractivity contribution in [3.63, 3.8) is 0 Å². The minimum atomic E-state index is -0.513. The molecule has 4 nitrogen and oxygen atoms in total. The number of ether oxygens (including phenoxy) is 2. The predicted octanol–water partition coefficient (Wildman–Crippen LogP) is 1.04. The van der Waals surface area contributed by atoms with Crippen LogP contribution in [0.3, 0.4) is 0 Å². The van der Waals surface area contributed by atoms with E-state index in [1.54, 1.807) is 32.2 Å². The number of nitrogens with two attached hydrogens (primary N) is 1. The second-order valence-corrected chi connectivity index (χ2v) is 3.06. The van der Waals surface area contributed by atoms with Crippen molar-refractivity contribution in [3.05, 3.63) is 18.2 Å². The Balaban J connectivity index is 2.73. The zero-order valence-corrected chi connectivity index (χ0v) is 8.36. The Bertz CT molecular complexity index is 299. The van der Waals surface area contributed by atoms with E-state index in [1.807, 2.05) is 0 Å². The van der Waals surface area contributed by atoms with E-state index >= 15 is 0 Å². The number of benzene rings is 1. The first-order valence-electron chi connectivity index (χ1n) is 4.38. The molecule has 0 bridgehead atoms. The van der Waals surface area contributed by atoms with E-state index in [0.717, 1.165) is 0 Å². The van der Waals surface area contributed by atoms with Gasteiger partial charge in [0.1, 0.15) is 18.1 Å². The number of aliphatic hydroxyl groups excluding tert-OH is 1. The van der Waals surface area contributed by atoms with Crippen molar-refractivity contribution in [3.8, 4) is 11.5 Å². The maximum atomic E-state index is 9.03. The summed E-state index contributed by atoms with van der Waals surface area (Å²) < 4.78 is 10.3. The van der Waals surface area contributed by atoms with E-state index in [-0.39, 0.29) is 6.61 Å². The summed E-state index contributed by atoms with van der Waals surface area (Å²) >= 11 is 0. The molecule has 0 aliphatic carbocycles. The van der Waals surface area contributed by atoms with Crippen LogP contribution in [0.25, 0.3) is 0 Å². The van der Waals surface area contributed by atoms with Crippen molar-refractivity contribution in [2.24, 2.45) is 0 Å². The molecule has 78 valence electrons. The fourth-order valence-corrected chi connectivity index (χ4v) is 0.977. The lowest BCUT2D eigenvalue weighted by molar-refractivity contribution is 0.123. The molecule has 0 aliphatic heterocycles. The summed E-state index contributed by atoms with van der Waals surface area (Å²) in [5.74, 6) is 1.21. The second-order valence-electron chi connectivity index (χ2n) is 3.06. The molecular weight excluding hydrogens is 182 g/mol. The molecule has 1 unspecified atom stereocenters. The highest BCUT2D eigenvalue weighted by Gasteiger charge is 2.04. The van der Waals surface area contributed by atoms with Crippen LogP contribution in [0, 0.1) is 0 Å². The standard InChI is InChI=1S/C10H15NO3/c1-7(12)6-14-10-5-8(13-2)3-4-9(10)11/h3-5,7,12H,6,11H2,1-2H3. The van der Waals surface area contributed by atoms with E-state index in [1.165, 1.54) is 0 Å². The number of hydrogen-bond acceptors (Lipinski definition) is 4. The first-order chi connectivity index (χ1) is 6.63. The summed E-state index contributed by atoms with van der Waals surface area (Å²) in [6.07, 6.45) is -0.513. The molecule has 1 rings (SSSR count). The molecule has 1 aromatic rings. The molecule has 1 atom stereocenters. The van der Waals surface area contributed by atoms with Gasteiger partial charge in [-0.05, 0) is 19.1 Å². The van der Waals surface area contributed by atoms with Crippen molar-refractivity contribution in [2.45, 2.75) is 13.0 Å². The van der Waals surface area contributed by atoms with Crippen LogP contribution in [0.1, 0.15) is 6.92 Å². The SMILES string of the molecule is COc1ccc(N)c(OCC(C)O)c1. The minimum Gasteiger partial charge on any atom is -0.497 e.